The van der Waals surface area contributed by atoms with E-state index in [0.29, 0.717) is 0 Å². The van der Waals surface area contributed by atoms with Gasteiger partial charge in [-0.1, -0.05) is 12.2 Å². The molecular weight excluding hydrogens is 216 g/mol. The Morgan fingerprint density at radius 2 is 1.69 bits per heavy atom. The van der Waals surface area contributed by atoms with Crippen molar-refractivity contribution in [2.45, 2.75) is 0 Å². The molecule has 0 heterocycles. The van der Waals surface area contributed by atoms with Gasteiger partial charge in [0.2, 0.25) is 0 Å². The van der Waals surface area contributed by atoms with Crippen LogP contribution in [0.3, 0.4) is 0 Å². The Balaban J connectivity index is 3.42. The fourth-order valence-corrected chi connectivity index (χ4v) is 1.35. The van der Waals surface area contributed by atoms with Crippen LogP contribution >= 0.6 is 0 Å². The lowest BCUT2D eigenvalue weighted by Gasteiger charge is -2.11. The van der Waals surface area contributed by atoms with E-state index < -0.39 is 11.6 Å². The van der Waals surface area contributed by atoms with Crippen LogP contribution in [0.15, 0.2) is 12.1 Å². The SMILES string of the molecule is COc1c(F)cc(F)c(OC)c1/C=C/CN. The third-order valence-electron chi connectivity index (χ3n) is 2.01. The Labute approximate surface area is 92.5 Å². The number of nitrogens with two attached hydrogens (primary N) is 1. The first-order chi connectivity index (χ1) is 7.65. The summed E-state index contributed by atoms with van der Waals surface area (Å²) in [4.78, 5) is 0. The first-order valence-electron chi connectivity index (χ1n) is 4.62. The van der Waals surface area contributed by atoms with Gasteiger partial charge < -0.3 is 15.2 Å². The Morgan fingerprint density at radius 1 is 1.19 bits per heavy atom. The van der Waals surface area contributed by atoms with E-state index in [4.69, 9.17) is 15.2 Å². The van der Waals surface area contributed by atoms with Crippen molar-refractivity contribution < 1.29 is 18.3 Å². The van der Waals surface area contributed by atoms with Gasteiger partial charge >= 0.3 is 0 Å². The van der Waals surface area contributed by atoms with Crippen molar-refractivity contribution in [1.29, 1.82) is 0 Å². The second-order valence-corrected chi connectivity index (χ2v) is 2.96. The highest BCUT2D eigenvalue weighted by molar-refractivity contribution is 5.65. The smallest absolute Gasteiger partial charge is 0.168 e. The summed E-state index contributed by atoms with van der Waals surface area (Å²) in [6.45, 7) is 0.254. The molecule has 0 saturated heterocycles. The van der Waals surface area contributed by atoms with Gasteiger partial charge in [0.1, 0.15) is 0 Å². The lowest BCUT2D eigenvalue weighted by atomic mass is 10.1. The molecule has 0 aliphatic rings. The maximum atomic E-state index is 13.4. The highest BCUT2D eigenvalue weighted by atomic mass is 19.1. The molecule has 0 saturated carbocycles. The van der Waals surface area contributed by atoms with E-state index in [1.807, 2.05) is 0 Å². The molecule has 88 valence electrons. The number of methoxy groups -OCH3 is 2. The van der Waals surface area contributed by atoms with Crippen molar-refractivity contribution in [2.75, 3.05) is 20.8 Å². The van der Waals surface area contributed by atoms with Gasteiger partial charge in [0, 0.05) is 12.6 Å². The topological polar surface area (TPSA) is 44.5 Å². The minimum atomic E-state index is -0.780. The first kappa shape index (κ1) is 12.4. The van der Waals surface area contributed by atoms with Gasteiger partial charge in [-0.25, -0.2) is 8.78 Å². The number of hydrogen-bond acceptors (Lipinski definition) is 3. The van der Waals surface area contributed by atoms with Crippen LogP contribution in [-0.2, 0) is 0 Å². The Morgan fingerprint density at radius 3 is 2.06 bits per heavy atom. The summed E-state index contributed by atoms with van der Waals surface area (Å²) < 4.78 is 36.5. The highest BCUT2D eigenvalue weighted by Crippen LogP contribution is 2.34. The molecule has 3 nitrogen and oxygen atoms in total. The first-order valence-corrected chi connectivity index (χ1v) is 4.62. The number of ether oxygens (including phenoxy) is 2. The molecule has 0 aromatic heterocycles. The minimum absolute atomic E-state index is 0.0667. The molecule has 0 atom stereocenters. The summed E-state index contributed by atoms with van der Waals surface area (Å²) in [7, 11) is 2.60. The van der Waals surface area contributed by atoms with Crippen LogP contribution in [-0.4, -0.2) is 20.8 Å². The second-order valence-electron chi connectivity index (χ2n) is 2.96. The zero-order valence-electron chi connectivity index (χ0n) is 9.09. The van der Waals surface area contributed by atoms with Crippen LogP contribution in [0, 0.1) is 11.6 Å². The van der Waals surface area contributed by atoms with Gasteiger partial charge in [-0.3, -0.25) is 0 Å². The van der Waals surface area contributed by atoms with Crippen LogP contribution in [0.2, 0.25) is 0 Å². The molecule has 16 heavy (non-hydrogen) atoms. The maximum absolute atomic E-state index is 13.4. The molecule has 0 bridgehead atoms. The predicted octanol–water partition coefficient (Wildman–Crippen LogP) is 1.95. The van der Waals surface area contributed by atoms with E-state index >= 15 is 0 Å². The number of rotatable bonds is 4. The van der Waals surface area contributed by atoms with Gasteiger partial charge in [-0.05, 0) is 0 Å². The molecule has 1 aromatic carbocycles. The zero-order chi connectivity index (χ0) is 12.1. The molecule has 0 radical (unpaired) electrons. The molecule has 0 unspecified atom stereocenters. The van der Waals surface area contributed by atoms with Gasteiger partial charge in [0.15, 0.2) is 23.1 Å². The third kappa shape index (κ3) is 2.30. The van der Waals surface area contributed by atoms with Crippen LogP contribution in [0.4, 0.5) is 8.78 Å². The third-order valence-corrected chi connectivity index (χ3v) is 2.01. The quantitative estimate of drug-likeness (QED) is 0.858. The molecule has 2 N–H and O–H groups in total. The average Bonchev–Trinajstić information content (AvgIpc) is 2.26. The standard InChI is InChI=1S/C11H13F2NO2/c1-15-10-7(4-3-5-14)11(16-2)9(13)6-8(10)12/h3-4,6H,5,14H2,1-2H3/b4-3+. The Bertz CT molecular complexity index is 377. The molecule has 0 spiro atoms. The van der Waals surface area contributed by atoms with Gasteiger partial charge in [0.05, 0.1) is 19.8 Å². The Hall–Kier alpha value is -1.62. The Kier molecular flexibility index (Phi) is 4.25. The molecule has 0 fully saturated rings. The van der Waals surface area contributed by atoms with Crippen LogP contribution in [0.25, 0.3) is 6.08 Å². The van der Waals surface area contributed by atoms with Crippen molar-refractivity contribution >= 4 is 6.08 Å². The number of halogens is 2. The molecule has 1 rings (SSSR count). The number of benzene rings is 1. The zero-order valence-corrected chi connectivity index (χ0v) is 9.09. The van der Waals surface area contributed by atoms with E-state index in [9.17, 15) is 8.78 Å². The van der Waals surface area contributed by atoms with Crippen LogP contribution in [0.5, 0.6) is 11.5 Å². The van der Waals surface area contributed by atoms with E-state index in [2.05, 4.69) is 0 Å². The van der Waals surface area contributed by atoms with Crippen molar-refractivity contribution in [1.82, 2.24) is 0 Å². The van der Waals surface area contributed by atoms with E-state index in [0.717, 1.165) is 6.07 Å². The highest BCUT2D eigenvalue weighted by Gasteiger charge is 2.17. The predicted molar refractivity (Wildman–Crippen MR) is 57.6 cm³/mol. The molecule has 1 aromatic rings. The van der Waals surface area contributed by atoms with Gasteiger partial charge in [0.25, 0.3) is 0 Å². The lowest BCUT2D eigenvalue weighted by Crippen LogP contribution is -2.00. The van der Waals surface area contributed by atoms with Crippen LogP contribution in [0.1, 0.15) is 5.56 Å². The summed E-state index contributed by atoms with van der Waals surface area (Å²) in [5.74, 6) is -1.69. The lowest BCUT2D eigenvalue weighted by molar-refractivity contribution is 0.356. The number of hydrogen-bond donors (Lipinski definition) is 1. The van der Waals surface area contributed by atoms with E-state index in [1.54, 1.807) is 6.08 Å². The second kappa shape index (κ2) is 5.46. The molecule has 0 amide bonds. The van der Waals surface area contributed by atoms with E-state index in [-0.39, 0.29) is 23.6 Å². The normalized spacial score (nSPS) is 10.8. The molecule has 0 aliphatic carbocycles. The molecule has 0 aliphatic heterocycles. The largest absolute Gasteiger partial charge is 0.493 e. The summed E-state index contributed by atoms with van der Waals surface area (Å²) in [6.07, 6.45) is 3.02. The van der Waals surface area contributed by atoms with Crippen molar-refractivity contribution in [3.63, 3.8) is 0 Å². The summed E-state index contributed by atoms with van der Waals surface area (Å²) >= 11 is 0. The van der Waals surface area contributed by atoms with Gasteiger partial charge in [-0.2, -0.15) is 0 Å². The van der Waals surface area contributed by atoms with E-state index in [1.165, 1.54) is 20.3 Å². The summed E-state index contributed by atoms with van der Waals surface area (Å²) in [6, 6.07) is 0.720. The monoisotopic (exact) mass is 229 g/mol. The summed E-state index contributed by atoms with van der Waals surface area (Å²) in [5, 5.41) is 0. The van der Waals surface area contributed by atoms with Crippen molar-refractivity contribution in [3.05, 3.63) is 29.3 Å². The van der Waals surface area contributed by atoms with Gasteiger partial charge in [-0.15, -0.1) is 0 Å². The summed E-state index contributed by atoms with van der Waals surface area (Å²) in [5.41, 5.74) is 5.48. The fraction of sp³-hybridized carbons (Fsp3) is 0.273. The average molecular weight is 229 g/mol. The van der Waals surface area contributed by atoms with Crippen LogP contribution < -0.4 is 15.2 Å². The maximum Gasteiger partial charge on any atom is 0.168 e. The fourth-order valence-electron chi connectivity index (χ4n) is 1.35. The minimum Gasteiger partial charge on any atom is -0.493 e. The van der Waals surface area contributed by atoms with Crippen molar-refractivity contribution in [2.24, 2.45) is 5.73 Å². The van der Waals surface area contributed by atoms with Crippen molar-refractivity contribution in [3.8, 4) is 11.5 Å². The molecule has 5 heteroatoms. The molecular formula is C11H13F2NO2.